The topological polar surface area (TPSA) is 75.7 Å². The van der Waals surface area contributed by atoms with Crippen LogP contribution in [0.3, 0.4) is 0 Å². The van der Waals surface area contributed by atoms with Crippen LogP contribution in [-0.4, -0.2) is 44.2 Å². The number of piperidine rings is 1. The van der Waals surface area contributed by atoms with Gasteiger partial charge >= 0.3 is 6.36 Å². The number of amides is 1. The molecule has 1 amide bonds. The highest BCUT2D eigenvalue weighted by atomic mass is 32.2. The van der Waals surface area contributed by atoms with Crippen LogP contribution in [0.1, 0.15) is 23.2 Å². The van der Waals surface area contributed by atoms with Gasteiger partial charge in [-0.1, -0.05) is 12.1 Å². The quantitative estimate of drug-likeness (QED) is 0.765. The lowest BCUT2D eigenvalue weighted by Crippen LogP contribution is -2.47. The van der Waals surface area contributed by atoms with Crippen molar-refractivity contribution in [1.29, 1.82) is 0 Å². The molecule has 4 rings (SSSR count). The largest absolute Gasteiger partial charge is 0.573 e. The monoisotopic (exact) mass is 446 g/mol. The third kappa shape index (κ3) is 4.26. The number of hydrogen-bond donors (Lipinski definition) is 1. The zero-order valence-electron chi connectivity index (χ0n) is 14.9. The van der Waals surface area contributed by atoms with Gasteiger partial charge in [-0.15, -0.1) is 24.5 Å². The molecule has 0 radical (unpaired) electrons. The fourth-order valence-corrected chi connectivity index (χ4v) is 6.34. The van der Waals surface area contributed by atoms with Gasteiger partial charge < -0.3 is 9.64 Å². The molecule has 0 spiro atoms. The summed E-state index contributed by atoms with van der Waals surface area (Å²) >= 11 is 1.13. The first-order chi connectivity index (χ1) is 13.6. The molecule has 2 aromatic rings. The van der Waals surface area contributed by atoms with Crippen molar-refractivity contribution in [2.24, 2.45) is 5.92 Å². The summed E-state index contributed by atoms with van der Waals surface area (Å²) < 4.78 is 68.9. The average molecular weight is 446 g/mol. The number of carbonyl (C=O) groups excluding carboxylic acids is 1. The molecule has 6 nitrogen and oxygen atoms in total. The van der Waals surface area contributed by atoms with E-state index < -0.39 is 22.1 Å². The predicted octanol–water partition coefficient (Wildman–Crippen LogP) is 3.23. The van der Waals surface area contributed by atoms with Crippen molar-refractivity contribution < 1.29 is 31.1 Å². The number of rotatable bonds is 5. The van der Waals surface area contributed by atoms with Crippen molar-refractivity contribution >= 4 is 27.3 Å². The fraction of sp³-hybridized carbons (Fsp3) is 0.389. The number of sulfonamides is 1. The van der Waals surface area contributed by atoms with Crippen LogP contribution in [0.15, 0.2) is 46.0 Å². The summed E-state index contributed by atoms with van der Waals surface area (Å²) in [5.41, 5.74) is 0.106. The van der Waals surface area contributed by atoms with Crippen molar-refractivity contribution in [2.45, 2.75) is 35.5 Å². The summed E-state index contributed by atoms with van der Waals surface area (Å²) in [7, 11) is -3.59. The Balaban J connectivity index is 1.42. The lowest BCUT2D eigenvalue weighted by Gasteiger charge is -2.32. The van der Waals surface area contributed by atoms with E-state index in [1.165, 1.54) is 18.2 Å². The van der Waals surface area contributed by atoms with Gasteiger partial charge in [-0.05, 0) is 48.4 Å². The van der Waals surface area contributed by atoms with Gasteiger partial charge in [0.25, 0.3) is 5.91 Å². The molecule has 1 N–H and O–H groups in total. The van der Waals surface area contributed by atoms with Crippen LogP contribution in [0.2, 0.25) is 0 Å². The third-order valence-electron chi connectivity index (χ3n) is 5.18. The van der Waals surface area contributed by atoms with Gasteiger partial charge in [0.1, 0.15) is 9.96 Å². The molecule has 156 valence electrons. The van der Waals surface area contributed by atoms with Crippen LogP contribution >= 0.6 is 11.3 Å². The Hall–Kier alpha value is -2.11. The van der Waals surface area contributed by atoms with E-state index in [1.54, 1.807) is 16.3 Å². The molecule has 1 saturated heterocycles. The maximum Gasteiger partial charge on any atom is 0.573 e. The second-order valence-corrected chi connectivity index (χ2v) is 9.97. The third-order valence-corrected chi connectivity index (χ3v) is 8.07. The van der Waals surface area contributed by atoms with E-state index in [1.807, 2.05) is 0 Å². The average Bonchev–Trinajstić information content (AvgIpc) is 3.36. The lowest BCUT2D eigenvalue weighted by molar-refractivity contribution is -0.274. The SMILES string of the molecule is O=C(c1cccc(OC(F)(F)F)c1)N1C[C@@H]2C[C@H]1C[C@@H]2NS(=O)(=O)c1cccs1. The number of halogens is 3. The first-order valence-corrected chi connectivity index (χ1v) is 11.2. The molecule has 1 aliphatic carbocycles. The summed E-state index contributed by atoms with van der Waals surface area (Å²) in [5, 5.41) is 1.69. The van der Waals surface area contributed by atoms with Gasteiger partial charge in [0.2, 0.25) is 10.0 Å². The summed E-state index contributed by atoms with van der Waals surface area (Å²) in [4.78, 5) is 14.4. The molecule has 1 saturated carbocycles. The molecule has 3 atom stereocenters. The molecule has 0 unspecified atom stereocenters. The summed E-state index contributed by atoms with van der Waals surface area (Å²) in [6, 6.07) is 7.75. The number of fused-ring (bicyclic) bond motifs is 2. The highest BCUT2D eigenvalue weighted by Crippen LogP contribution is 2.39. The Kier molecular flexibility index (Phi) is 5.07. The van der Waals surface area contributed by atoms with Gasteiger partial charge in [-0.2, -0.15) is 0 Å². The van der Waals surface area contributed by atoms with E-state index >= 15 is 0 Å². The van der Waals surface area contributed by atoms with Crippen molar-refractivity contribution in [3.05, 3.63) is 47.3 Å². The normalized spacial score (nSPS) is 24.1. The second-order valence-electron chi connectivity index (χ2n) is 7.08. The zero-order chi connectivity index (χ0) is 20.8. The smallest absolute Gasteiger partial charge is 0.406 e. The van der Waals surface area contributed by atoms with Gasteiger partial charge in [0.05, 0.1) is 0 Å². The predicted molar refractivity (Wildman–Crippen MR) is 99.1 cm³/mol. The van der Waals surface area contributed by atoms with Crippen LogP contribution in [0, 0.1) is 5.92 Å². The van der Waals surface area contributed by atoms with Crippen LogP contribution < -0.4 is 9.46 Å². The second kappa shape index (κ2) is 7.29. The molecule has 2 bridgehead atoms. The lowest BCUT2D eigenvalue weighted by atomic mass is 10.0. The number of nitrogens with one attached hydrogen (secondary N) is 1. The number of benzene rings is 1. The number of alkyl halides is 3. The van der Waals surface area contributed by atoms with E-state index in [9.17, 15) is 26.4 Å². The molecule has 29 heavy (non-hydrogen) atoms. The van der Waals surface area contributed by atoms with Crippen LogP contribution in [-0.2, 0) is 10.0 Å². The molecule has 11 heteroatoms. The van der Waals surface area contributed by atoms with E-state index in [-0.39, 0.29) is 33.7 Å². The van der Waals surface area contributed by atoms with Gasteiger partial charge in [0, 0.05) is 24.2 Å². The zero-order valence-corrected chi connectivity index (χ0v) is 16.6. The number of nitrogens with zero attached hydrogens (tertiary/aromatic N) is 1. The molecular weight excluding hydrogens is 429 g/mol. The summed E-state index contributed by atoms with van der Waals surface area (Å²) in [6.07, 6.45) is -3.71. The fourth-order valence-electron chi connectivity index (χ4n) is 4.01. The van der Waals surface area contributed by atoms with Crippen molar-refractivity contribution in [3.63, 3.8) is 0 Å². The minimum absolute atomic E-state index is 0.0340. The molecule has 2 aliphatic rings. The standard InChI is InChI=1S/C18H17F3N2O4S2/c19-18(20,21)27-14-4-1-3-11(8-14)17(24)23-10-12-7-13(23)9-15(12)22-29(25,26)16-5-2-6-28-16/h1-6,8,12-13,15,22H,7,9-10H2/t12-,13-,15-/m0/s1. The van der Waals surface area contributed by atoms with E-state index in [0.29, 0.717) is 19.4 Å². The highest BCUT2D eigenvalue weighted by Gasteiger charge is 2.48. The Labute approximate surface area is 169 Å². The van der Waals surface area contributed by atoms with Gasteiger partial charge in [0.15, 0.2) is 0 Å². The molecule has 2 heterocycles. The molecule has 1 aromatic carbocycles. The number of hydrogen-bond acceptors (Lipinski definition) is 5. The van der Waals surface area contributed by atoms with Crippen molar-refractivity contribution in [3.8, 4) is 5.75 Å². The molecule has 1 aliphatic heterocycles. The van der Waals surface area contributed by atoms with E-state index in [4.69, 9.17) is 0 Å². The Morgan fingerprint density at radius 1 is 1.21 bits per heavy atom. The molecular formula is C18H17F3N2O4S2. The first-order valence-electron chi connectivity index (χ1n) is 8.85. The van der Waals surface area contributed by atoms with Gasteiger partial charge in [-0.3, -0.25) is 4.79 Å². The van der Waals surface area contributed by atoms with Crippen LogP contribution in [0.25, 0.3) is 0 Å². The van der Waals surface area contributed by atoms with Crippen LogP contribution in [0.4, 0.5) is 13.2 Å². The minimum atomic E-state index is -4.83. The molecule has 1 aromatic heterocycles. The first kappa shape index (κ1) is 20.2. The minimum Gasteiger partial charge on any atom is -0.406 e. The number of carbonyl (C=O) groups is 1. The Bertz CT molecular complexity index is 1010. The number of thiophene rings is 1. The number of ether oxygens (including phenoxy) is 1. The van der Waals surface area contributed by atoms with E-state index in [2.05, 4.69) is 9.46 Å². The Morgan fingerprint density at radius 3 is 2.62 bits per heavy atom. The molecule has 2 fully saturated rings. The Morgan fingerprint density at radius 2 is 2.00 bits per heavy atom. The van der Waals surface area contributed by atoms with Crippen molar-refractivity contribution in [1.82, 2.24) is 9.62 Å². The van der Waals surface area contributed by atoms with Crippen LogP contribution in [0.5, 0.6) is 5.75 Å². The van der Waals surface area contributed by atoms with E-state index in [0.717, 1.165) is 23.5 Å². The van der Waals surface area contributed by atoms with Gasteiger partial charge in [-0.25, -0.2) is 13.1 Å². The highest BCUT2D eigenvalue weighted by molar-refractivity contribution is 7.91. The summed E-state index contributed by atoms with van der Waals surface area (Å²) in [6.45, 7) is 0.353. The maximum atomic E-state index is 12.8. The number of likely N-dealkylation sites (tertiary alicyclic amines) is 1. The van der Waals surface area contributed by atoms with Crippen molar-refractivity contribution in [2.75, 3.05) is 6.54 Å². The summed E-state index contributed by atoms with van der Waals surface area (Å²) in [5.74, 6) is -0.868. The maximum absolute atomic E-state index is 12.8.